The Labute approximate surface area is 196 Å². The van der Waals surface area contributed by atoms with Crippen LogP contribution in [0.1, 0.15) is 31.4 Å². The van der Waals surface area contributed by atoms with Gasteiger partial charge in [-0.05, 0) is 23.6 Å². The smallest absolute Gasteiger partial charge is 0.372 e. The van der Waals surface area contributed by atoms with Crippen molar-refractivity contribution in [1.29, 1.82) is 0 Å². The summed E-state index contributed by atoms with van der Waals surface area (Å²) in [6, 6.07) is 11.9. The summed E-state index contributed by atoms with van der Waals surface area (Å²) in [6.07, 6.45) is -6.55. The van der Waals surface area contributed by atoms with Crippen molar-refractivity contribution >= 4 is 23.4 Å². The molecule has 2 aromatic rings. The van der Waals surface area contributed by atoms with Crippen molar-refractivity contribution in [2.45, 2.75) is 43.5 Å². The Morgan fingerprint density at radius 2 is 1.57 bits per heavy atom. The second-order valence-electron chi connectivity index (χ2n) is 8.02. The van der Waals surface area contributed by atoms with E-state index in [4.69, 9.17) is 0 Å². The molecule has 3 rings (SSSR count). The molecule has 0 bridgehead atoms. The molecule has 1 aliphatic heterocycles. The molecule has 35 heavy (non-hydrogen) atoms. The molecule has 0 spiro atoms. The SMILES string of the molecule is CCC[C@@](O)(C(=O)NCC(F)(F)C(F)(F)F)C(=O)N[C@@H]1C(=O)Nc2ccccc2-c2ccccc21. The summed E-state index contributed by atoms with van der Waals surface area (Å²) in [5.74, 6) is -9.16. The Morgan fingerprint density at radius 1 is 0.971 bits per heavy atom. The van der Waals surface area contributed by atoms with E-state index in [-0.39, 0.29) is 6.42 Å². The fourth-order valence-electron chi connectivity index (χ4n) is 3.69. The maximum atomic E-state index is 13.3. The third-order valence-corrected chi connectivity index (χ3v) is 5.53. The Bertz CT molecular complexity index is 1140. The standard InChI is InChI=1S/C23H22F5N3O4/c1-2-11-21(35,19(33)29-12-22(24,25)23(26,27)28)20(34)31-17-15-9-4-3-7-13(15)14-8-5-6-10-16(14)30-18(17)32/h3-10,17,35H,2,11-12H2,1H3,(H,29,33)(H,30,32)(H,31,34)/t17-,21+/m0/s1. The molecule has 0 aromatic heterocycles. The molecule has 0 aliphatic carbocycles. The topological polar surface area (TPSA) is 108 Å². The van der Waals surface area contributed by atoms with Crippen molar-refractivity contribution in [2.75, 3.05) is 11.9 Å². The third-order valence-electron chi connectivity index (χ3n) is 5.53. The molecule has 0 unspecified atom stereocenters. The number of benzene rings is 2. The van der Waals surface area contributed by atoms with Gasteiger partial charge in [-0.2, -0.15) is 22.0 Å². The maximum Gasteiger partial charge on any atom is 0.455 e. The molecule has 1 heterocycles. The van der Waals surface area contributed by atoms with E-state index in [1.807, 2.05) is 0 Å². The lowest BCUT2D eigenvalue weighted by Crippen LogP contribution is -2.60. The van der Waals surface area contributed by atoms with E-state index in [0.717, 1.165) is 0 Å². The van der Waals surface area contributed by atoms with Gasteiger partial charge in [0.25, 0.3) is 17.7 Å². The number of amides is 3. The van der Waals surface area contributed by atoms with Crippen LogP contribution in [0.15, 0.2) is 48.5 Å². The van der Waals surface area contributed by atoms with Crippen LogP contribution in [0.3, 0.4) is 0 Å². The van der Waals surface area contributed by atoms with Gasteiger partial charge in [0.1, 0.15) is 6.04 Å². The van der Waals surface area contributed by atoms with E-state index in [2.05, 4.69) is 10.6 Å². The molecule has 4 N–H and O–H groups in total. The van der Waals surface area contributed by atoms with Crippen LogP contribution in [-0.2, 0) is 14.4 Å². The molecule has 7 nitrogen and oxygen atoms in total. The average molecular weight is 499 g/mol. The van der Waals surface area contributed by atoms with Gasteiger partial charge >= 0.3 is 12.1 Å². The van der Waals surface area contributed by atoms with Gasteiger partial charge in [-0.1, -0.05) is 55.8 Å². The minimum absolute atomic E-state index is 0.00804. The largest absolute Gasteiger partial charge is 0.455 e. The summed E-state index contributed by atoms with van der Waals surface area (Å²) >= 11 is 0. The normalized spacial score (nSPS) is 17.2. The maximum absolute atomic E-state index is 13.3. The van der Waals surface area contributed by atoms with Crippen LogP contribution < -0.4 is 16.0 Å². The number of aliphatic hydroxyl groups is 1. The summed E-state index contributed by atoms with van der Waals surface area (Å²) in [4.78, 5) is 38.4. The number of alkyl halides is 5. The number of carbonyl (C=O) groups excluding carboxylic acids is 3. The monoisotopic (exact) mass is 499 g/mol. The van der Waals surface area contributed by atoms with E-state index in [1.54, 1.807) is 48.5 Å². The molecule has 12 heteroatoms. The van der Waals surface area contributed by atoms with Crippen molar-refractivity contribution < 1.29 is 41.4 Å². The lowest BCUT2D eigenvalue weighted by atomic mass is 9.92. The molecule has 0 radical (unpaired) electrons. The molecule has 1 aliphatic rings. The van der Waals surface area contributed by atoms with Crippen molar-refractivity contribution in [1.82, 2.24) is 10.6 Å². The van der Waals surface area contributed by atoms with Gasteiger partial charge in [0.15, 0.2) is 0 Å². The Balaban J connectivity index is 1.89. The molecular weight excluding hydrogens is 477 g/mol. The van der Waals surface area contributed by atoms with Crippen LogP contribution in [0.2, 0.25) is 0 Å². The molecular formula is C23H22F5N3O4. The summed E-state index contributed by atoms with van der Waals surface area (Å²) in [6.45, 7) is -0.711. The third kappa shape index (κ3) is 5.11. The molecule has 0 fully saturated rings. The first-order valence-corrected chi connectivity index (χ1v) is 10.6. The predicted octanol–water partition coefficient (Wildman–Crippen LogP) is 3.31. The van der Waals surface area contributed by atoms with Crippen LogP contribution >= 0.6 is 0 Å². The molecule has 2 atom stereocenters. The van der Waals surface area contributed by atoms with E-state index >= 15 is 0 Å². The van der Waals surface area contributed by atoms with Crippen LogP contribution in [0.25, 0.3) is 11.1 Å². The van der Waals surface area contributed by atoms with Crippen LogP contribution in [-0.4, -0.2) is 47.1 Å². The number of nitrogens with one attached hydrogen (secondary N) is 3. The van der Waals surface area contributed by atoms with E-state index < -0.39 is 54.4 Å². The first kappa shape index (κ1) is 26.1. The first-order chi connectivity index (χ1) is 16.3. The quantitative estimate of drug-likeness (QED) is 0.346. The van der Waals surface area contributed by atoms with Gasteiger partial charge in [-0.15, -0.1) is 0 Å². The van der Waals surface area contributed by atoms with Gasteiger partial charge in [0, 0.05) is 11.3 Å². The highest BCUT2D eigenvalue weighted by Crippen LogP contribution is 2.38. The zero-order chi connectivity index (χ0) is 26.0. The Kier molecular flexibility index (Phi) is 7.16. The molecule has 0 saturated heterocycles. The number of para-hydroxylation sites is 1. The second-order valence-corrected chi connectivity index (χ2v) is 8.02. The molecule has 2 aromatic carbocycles. The van der Waals surface area contributed by atoms with Crippen LogP contribution in [0.4, 0.5) is 27.6 Å². The Hall–Kier alpha value is -3.54. The van der Waals surface area contributed by atoms with Gasteiger partial charge in [0.05, 0.1) is 6.54 Å². The van der Waals surface area contributed by atoms with Gasteiger partial charge in [-0.25, -0.2) is 0 Å². The average Bonchev–Trinajstić information content (AvgIpc) is 2.91. The Morgan fingerprint density at radius 3 is 2.20 bits per heavy atom. The number of carbonyl (C=O) groups is 3. The highest BCUT2D eigenvalue weighted by atomic mass is 19.4. The summed E-state index contributed by atoms with van der Waals surface area (Å²) < 4.78 is 63.8. The summed E-state index contributed by atoms with van der Waals surface area (Å²) in [7, 11) is 0. The van der Waals surface area contributed by atoms with Crippen molar-refractivity contribution in [3.63, 3.8) is 0 Å². The van der Waals surface area contributed by atoms with Gasteiger partial charge < -0.3 is 21.1 Å². The van der Waals surface area contributed by atoms with Crippen LogP contribution in [0.5, 0.6) is 0 Å². The first-order valence-electron chi connectivity index (χ1n) is 10.6. The zero-order valence-corrected chi connectivity index (χ0v) is 18.4. The minimum Gasteiger partial charge on any atom is -0.372 e. The number of halogens is 5. The lowest BCUT2D eigenvalue weighted by Gasteiger charge is -2.29. The molecule has 188 valence electrons. The van der Waals surface area contributed by atoms with Crippen molar-refractivity contribution in [3.05, 3.63) is 54.1 Å². The molecule has 3 amide bonds. The summed E-state index contributed by atoms with van der Waals surface area (Å²) in [5, 5.41) is 17.0. The van der Waals surface area contributed by atoms with Crippen molar-refractivity contribution in [3.8, 4) is 11.1 Å². The number of fused-ring (bicyclic) bond motifs is 3. The zero-order valence-electron chi connectivity index (χ0n) is 18.4. The summed E-state index contributed by atoms with van der Waals surface area (Å²) in [5.41, 5.74) is -1.03. The van der Waals surface area contributed by atoms with Gasteiger partial charge in [-0.3, -0.25) is 14.4 Å². The fourth-order valence-corrected chi connectivity index (χ4v) is 3.69. The minimum atomic E-state index is -5.94. The fraction of sp³-hybridized carbons (Fsp3) is 0.348. The van der Waals surface area contributed by atoms with E-state index in [0.29, 0.717) is 22.4 Å². The van der Waals surface area contributed by atoms with E-state index in [9.17, 15) is 41.4 Å². The number of hydrogen-bond donors (Lipinski definition) is 4. The van der Waals surface area contributed by atoms with Gasteiger partial charge in [0.2, 0.25) is 5.60 Å². The number of anilines is 1. The predicted molar refractivity (Wildman–Crippen MR) is 115 cm³/mol. The second kappa shape index (κ2) is 9.61. The highest BCUT2D eigenvalue weighted by Gasteiger charge is 2.58. The van der Waals surface area contributed by atoms with Crippen LogP contribution in [0, 0.1) is 0 Å². The molecule has 0 saturated carbocycles. The van der Waals surface area contributed by atoms with E-state index in [1.165, 1.54) is 12.2 Å². The number of rotatable bonds is 7. The number of hydrogen-bond acceptors (Lipinski definition) is 4. The highest BCUT2D eigenvalue weighted by molar-refractivity contribution is 6.11. The van der Waals surface area contributed by atoms with Crippen molar-refractivity contribution in [2.24, 2.45) is 0 Å². The lowest BCUT2D eigenvalue weighted by molar-refractivity contribution is -0.278.